The molecule has 66 valence electrons. The van der Waals surface area contributed by atoms with Crippen LogP contribution in [0.15, 0.2) is 30.3 Å². The van der Waals surface area contributed by atoms with E-state index in [9.17, 15) is 4.39 Å². The standard InChI is InChI=1S/C6H5F.2C2H5.Sn/c7-6-4-2-1-3-5-6;2*1-2;/h1-5H;2*1H2,2H3;. The summed E-state index contributed by atoms with van der Waals surface area (Å²) in [5, 5.41) is 0. The summed E-state index contributed by atoms with van der Waals surface area (Å²) in [5.41, 5.74) is 0. The molecular weight excluding hydrogens is 258 g/mol. The van der Waals surface area contributed by atoms with Gasteiger partial charge in [0.1, 0.15) is 5.82 Å². The Labute approximate surface area is 84.4 Å². The third-order valence-corrected chi connectivity index (χ3v) is 4.09. The van der Waals surface area contributed by atoms with E-state index in [2.05, 4.69) is 13.8 Å². The van der Waals surface area contributed by atoms with Crippen LogP contribution in [0.1, 0.15) is 13.8 Å². The molecule has 1 rings (SSSR count). The topological polar surface area (TPSA) is 0 Å². The Morgan fingerprint density at radius 1 is 1.08 bits per heavy atom. The Hall–Kier alpha value is -0.0513. The van der Waals surface area contributed by atoms with Gasteiger partial charge in [-0.15, -0.1) is 0 Å². The summed E-state index contributed by atoms with van der Waals surface area (Å²) in [5.74, 6) is -0.178. The zero-order valence-corrected chi connectivity index (χ0v) is 10.5. The molecule has 0 spiro atoms. The molecule has 0 saturated carbocycles. The van der Waals surface area contributed by atoms with Crippen LogP contribution in [0, 0.1) is 5.82 Å². The van der Waals surface area contributed by atoms with Crippen molar-refractivity contribution in [2.45, 2.75) is 22.7 Å². The maximum atomic E-state index is 11.9. The van der Waals surface area contributed by atoms with Gasteiger partial charge in [-0.1, -0.05) is 18.2 Å². The Morgan fingerprint density at radius 3 is 1.75 bits per heavy atom. The van der Waals surface area contributed by atoms with Crippen molar-refractivity contribution >= 4 is 21.1 Å². The summed E-state index contributed by atoms with van der Waals surface area (Å²) in [6, 6.07) is 7.94. The normalized spacial score (nSPS) is 8.58. The molecule has 0 aliphatic carbocycles. The summed E-state index contributed by atoms with van der Waals surface area (Å²) in [7, 11) is 0. The molecule has 0 N–H and O–H groups in total. The predicted octanol–water partition coefficient (Wildman–Crippen LogP) is 3.39. The van der Waals surface area contributed by atoms with Crippen LogP contribution in [0.5, 0.6) is 0 Å². The molecule has 1 aromatic rings. The second kappa shape index (κ2) is 9.04. The second-order valence-corrected chi connectivity index (χ2v) is 7.72. The Morgan fingerprint density at radius 2 is 1.58 bits per heavy atom. The minimum Gasteiger partial charge on any atom is -0.207 e. The first-order chi connectivity index (χ1) is 5.81. The minimum absolute atomic E-state index is 0.178. The largest absolute Gasteiger partial charge is 0.207 e. The number of hydrogen-bond donors (Lipinski definition) is 0. The maximum Gasteiger partial charge on any atom is 0.123 e. The van der Waals surface area contributed by atoms with Gasteiger partial charge in [-0.25, -0.2) is 4.39 Å². The van der Waals surface area contributed by atoms with Gasteiger partial charge >= 0.3 is 43.9 Å². The number of hydrogen-bond acceptors (Lipinski definition) is 0. The van der Waals surface area contributed by atoms with Crippen molar-refractivity contribution in [2.75, 3.05) is 0 Å². The van der Waals surface area contributed by atoms with Crippen LogP contribution < -0.4 is 0 Å². The van der Waals surface area contributed by atoms with Gasteiger partial charge in [-0.05, 0) is 12.1 Å². The fraction of sp³-hybridized carbons (Fsp3) is 0.400. The van der Waals surface area contributed by atoms with Gasteiger partial charge in [0.2, 0.25) is 0 Å². The Kier molecular flexibility index (Phi) is 9.00. The fourth-order valence-electron chi connectivity index (χ4n) is 0.665. The first-order valence-electron chi connectivity index (χ1n) is 4.22. The van der Waals surface area contributed by atoms with Crippen LogP contribution in [0.4, 0.5) is 4.39 Å². The van der Waals surface area contributed by atoms with Crippen molar-refractivity contribution in [1.82, 2.24) is 0 Å². The number of benzene rings is 1. The molecule has 0 aromatic heterocycles. The van der Waals surface area contributed by atoms with Crippen molar-refractivity contribution in [3.63, 3.8) is 0 Å². The van der Waals surface area contributed by atoms with Crippen LogP contribution in [0.2, 0.25) is 8.87 Å². The third kappa shape index (κ3) is 8.05. The molecule has 0 heterocycles. The quantitative estimate of drug-likeness (QED) is 0.724. The van der Waals surface area contributed by atoms with Crippen LogP contribution in [-0.2, 0) is 0 Å². The minimum atomic E-state index is -0.178. The van der Waals surface area contributed by atoms with E-state index in [1.54, 1.807) is 18.2 Å². The Balaban J connectivity index is 0.000000217. The van der Waals surface area contributed by atoms with Crippen LogP contribution in [0.3, 0.4) is 0 Å². The second-order valence-electron chi connectivity index (χ2n) is 2.25. The molecule has 0 bridgehead atoms. The van der Waals surface area contributed by atoms with E-state index in [0.29, 0.717) is 0 Å². The molecule has 0 amide bonds. The summed E-state index contributed by atoms with van der Waals surface area (Å²) < 4.78 is 14.9. The van der Waals surface area contributed by atoms with Crippen molar-refractivity contribution in [1.29, 1.82) is 0 Å². The van der Waals surface area contributed by atoms with E-state index in [1.807, 2.05) is 0 Å². The van der Waals surface area contributed by atoms with Crippen molar-refractivity contribution in [2.24, 2.45) is 0 Å². The molecule has 0 aliphatic rings. The molecule has 2 radical (unpaired) electrons. The van der Waals surface area contributed by atoms with Gasteiger partial charge in [0, 0.05) is 0 Å². The van der Waals surface area contributed by atoms with E-state index < -0.39 is 0 Å². The van der Waals surface area contributed by atoms with E-state index >= 15 is 0 Å². The smallest absolute Gasteiger partial charge is 0.123 e. The number of rotatable bonds is 2. The van der Waals surface area contributed by atoms with Crippen molar-refractivity contribution in [3.8, 4) is 0 Å². The van der Waals surface area contributed by atoms with E-state index in [4.69, 9.17) is 0 Å². The summed E-state index contributed by atoms with van der Waals surface area (Å²) >= 11 is 0.218. The summed E-state index contributed by atoms with van der Waals surface area (Å²) in [6.07, 6.45) is 0. The molecule has 0 unspecified atom stereocenters. The third-order valence-electron chi connectivity index (χ3n) is 1.23. The van der Waals surface area contributed by atoms with E-state index in [0.717, 1.165) is 0 Å². The zero-order valence-electron chi connectivity index (χ0n) is 7.68. The van der Waals surface area contributed by atoms with Gasteiger partial charge < -0.3 is 0 Å². The van der Waals surface area contributed by atoms with Gasteiger partial charge in [0.15, 0.2) is 0 Å². The summed E-state index contributed by atoms with van der Waals surface area (Å²) in [4.78, 5) is 0. The molecule has 0 saturated heterocycles. The predicted molar refractivity (Wildman–Crippen MR) is 53.1 cm³/mol. The zero-order chi connectivity index (χ0) is 9.23. The molecule has 0 fully saturated rings. The molecule has 0 nitrogen and oxygen atoms in total. The first-order valence-corrected chi connectivity index (χ1v) is 8.26. The van der Waals surface area contributed by atoms with Crippen LogP contribution in [0.25, 0.3) is 0 Å². The van der Waals surface area contributed by atoms with E-state index in [-0.39, 0.29) is 27.0 Å². The SMILES string of the molecule is C[CH2][Sn][CH2]C.Fc1ccccc1. The molecule has 12 heavy (non-hydrogen) atoms. The van der Waals surface area contributed by atoms with Gasteiger partial charge in [0.05, 0.1) is 0 Å². The summed E-state index contributed by atoms with van der Waals surface area (Å²) in [6.45, 7) is 4.57. The fourth-order valence-corrected chi connectivity index (χ4v) is 2.09. The van der Waals surface area contributed by atoms with Crippen LogP contribution in [-0.4, -0.2) is 21.1 Å². The van der Waals surface area contributed by atoms with Crippen LogP contribution >= 0.6 is 0 Å². The van der Waals surface area contributed by atoms with Gasteiger partial charge in [0.25, 0.3) is 0 Å². The molecular formula is C10H15FSn. The molecule has 0 atom stereocenters. The molecule has 0 aliphatic heterocycles. The van der Waals surface area contributed by atoms with Gasteiger partial charge in [-0.3, -0.25) is 0 Å². The first kappa shape index (κ1) is 11.9. The van der Waals surface area contributed by atoms with Crippen molar-refractivity contribution < 1.29 is 4.39 Å². The molecule has 1 aromatic carbocycles. The van der Waals surface area contributed by atoms with Gasteiger partial charge in [-0.2, -0.15) is 0 Å². The molecule has 2 heteroatoms. The van der Waals surface area contributed by atoms with Crippen molar-refractivity contribution in [3.05, 3.63) is 36.1 Å². The average Bonchev–Trinajstić information content (AvgIpc) is 2.08. The van der Waals surface area contributed by atoms with E-state index in [1.165, 1.54) is 21.0 Å². The Bertz CT molecular complexity index is 172. The maximum absolute atomic E-state index is 11.9. The average molecular weight is 273 g/mol. The monoisotopic (exact) mass is 274 g/mol. The number of halogens is 1.